The maximum Gasteiger partial charge on any atom is 0.305 e. The number of ether oxygens (including phenoxy) is 1. The maximum absolute atomic E-state index is 12.6. The Balaban J connectivity index is 2.19. The van der Waals surface area contributed by atoms with Gasteiger partial charge in [-0.15, -0.1) is 11.3 Å². The van der Waals surface area contributed by atoms with Crippen LogP contribution in [-0.2, 0) is 16.0 Å². The number of hydrogen-bond acceptors (Lipinski definition) is 4. The first-order chi connectivity index (χ1) is 9.56. The average Bonchev–Trinajstić information content (AvgIpc) is 3.03. The molecule has 0 aromatic carbocycles. The zero-order valence-electron chi connectivity index (χ0n) is 11.7. The highest BCUT2D eigenvalue weighted by atomic mass is 32.1. The Labute approximate surface area is 122 Å². The lowest BCUT2D eigenvalue weighted by Gasteiger charge is -2.23. The fraction of sp³-hybridized carbons (Fsp3) is 0.571. The molecule has 2 rings (SSSR count). The van der Waals surface area contributed by atoms with E-state index >= 15 is 0 Å². The highest BCUT2D eigenvalue weighted by Crippen LogP contribution is 2.27. The van der Waals surface area contributed by atoms with Gasteiger partial charge in [-0.25, -0.2) is 0 Å². The lowest BCUT2D eigenvalue weighted by Crippen LogP contribution is -2.37. The van der Waals surface area contributed by atoms with Gasteiger partial charge in [-0.2, -0.15) is 0 Å². The number of rotatable bonds is 5. The number of methoxy groups -OCH3 is 1. The number of aliphatic carboxylic acids is 1. The number of likely N-dealkylation sites (tertiary alicyclic amines) is 1. The molecule has 1 saturated heterocycles. The van der Waals surface area contributed by atoms with Crippen LogP contribution in [0.2, 0.25) is 0 Å². The SMILES string of the molecule is CCc1ccsc1C(=O)N1CC(OC)CC1CC(=O)O. The molecule has 1 aliphatic rings. The highest BCUT2D eigenvalue weighted by molar-refractivity contribution is 7.12. The van der Waals surface area contributed by atoms with Gasteiger partial charge in [0.15, 0.2) is 0 Å². The molecular weight excluding hydrogens is 278 g/mol. The van der Waals surface area contributed by atoms with Crippen molar-refractivity contribution in [2.24, 2.45) is 0 Å². The molecule has 2 atom stereocenters. The van der Waals surface area contributed by atoms with E-state index in [4.69, 9.17) is 9.84 Å². The summed E-state index contributed by atoms with van der Waals surface area (Å²) in [6.07, 6.45) is 1.28. The van der Waals surface area contributed by atoms with Crippen LogP contribution in [0.1, 0.15) is 35.0 Å². The Morgan fingerprint density at radius 3 is 2.90 bits per heavy atom. The van der Waals surface area contributed by atoms with Gasteiger partial charge >= 0.3 is 5.97 Å². The van der Waals surface area contributed by atoms with Gasteiger partial charge in [0.2, 0.25) is 0 Å². The van der Waals surface area contributed by atoms with Gasteiger partial charge in [-0.05, 0) is 29.9 Å². The summed E-state index contributed by atoms with van der Waals surface area (Å²) < 4.78 is 5.29. The molecule has 1 N–H and O–H groups in total. The van der Waals surface area contributed by atoms with Crippen molar-refractivity contribution in [2.75, 3.05) is 13.7 Å². The topological polar surface area (TPSA) is 66.8 Å². The summed E-state index contributed by atoms with van der Waals surface area (Å²) in [7, 11) is 1.60. The third kappa shape index (κ3) is 3.02. The zero-order valence-corrected chi connectivity index (χ0v) is 12.5. The molecule has 0 saturated carbocycles. The molecule has 110 valence electrons. The average molecular weight is 297 g/mol. The fourth-order valence-electron chi connectivity index (χ4n) is 2.62. The van der Waals surface area contributed by atoms with Gasteiger partial charge in [0, 0.05) is 19.7 Å². The third-order valence-electron chi connectivity index (χ3n) is 3.70. The van der Waals surface area contributed by atoms with E-state index in [-0.39, 0.29) is 24.5 Å². The Morgan fingerprint density at radius 2 is 2.30 bits per heavy atom. The minimum atomic E-state index is -0.883. The normalized spacial score (nSPS) is 22.2. The van der Waals surface area contributed by atoms with Gasteiger partial charge in [0.1, 0.15) is 0 Å². The van der Waals surface area contributed by atoms with Crippen molar-refractivity contribution in [1.29, 1.82) is 0 Å². The number of carbonyl (C=O) groups is 2. The second-order valence-corrected chi connectivity index (χ2v) is 5.85. The third-order valence-corrected chi connectivity index (χ3v) is 4.65. The van der Waals surface area contributed by atoms with E-state index in [1.54, 1.807) is 12.0 Å². The second kappa shape index (κ2) is 6.37. The summed E-state index contributed by atoms with van der Waals surface area (Å²) in [5, 5.41) is 10.9. The monoisotopic (exact) mass is 297 g/mol. The number of aryl methyl sites for hydroxylation is 1. The van der Waals surface area contributed by atoms with Crippen molar-refractivity contribution in [3.05, 3.63) is 21.9 Å². The van der Waals surface area contributed by atoms with Crippen LogP contribution >= 0.6 is 11.3 Å². The molecule has 0 radical (unpaired) electrons. The smallest absolute Gasteiger partial charge is 0.305 e. The Morgan fingerprint density at radius 1 is 1.55 bits per heavy atom. The number of nitrogens with zero attached hydrogens (tertiary/aromatic N) is 1. The van der Waals surface area contributed by atoms with E-state index in [1.807, 2.05) is 18.4 Å². The largest absolute Gasteiger partial charge is 0.481 e. The molecule has 1 aliphatic heterocycles. The van der Waals surface area contributed by atoms with Crippen molar-refractivity contribution >= 4 is 23.2 Å². The van der Waals surface area contributed by atoms with Gasteiger partial charge in [0.05, 0.1) is 17.4 Å². The molecule has 5 nitrogen and oxygen atoms in total. The van der Waals surface area contributed by atoms with E-state index in [2.05, 4.69) is 0 Å². The van der Waals surface area contributed by atoms with E-state index in [0.717, 1.165) is 16.9 Å². The van der Waals surface area contributed by atoms with Crippen molar-refractivity contribution in [2.45, 2.75) is 38.3 Å². The zero-order chi connectivity index (χ0) is 14.7. The van der Waals surface area contributed by atoms with Crippen LogP contribution in [-0.4, -0.2) is 47.7 Å². The lowest BCUT2D eigenvalue weighted by molar-refractivity contribution is -0.137. The number of hydrogen-bond donors (Lipinski definition) is 1. The fourth-order valence-corrected chi connectivity index (χ4v) is 3.57. The Bertz CT molecular complexity index is 499. The number of carboxylic acid groups (broad SMARTS) is 1. The molecule has 1 aromatic rings. The van der Waals surface area contributed by atoms with Crippen molar-refractivity contribution < 1.29 is 19.4 Å². The molecule has 2 heterocycles. The van der Waals surface area contributed by atoms with Crippen LogP contribution in [0.15, 0.2) is 11.4 Å². The molecular formula is C14H19NO4S. The predicted molar refractivity (Wildman–Crippen MR) is 76.2 cm³/mol. The van der Waals surface area contributed by atoms with Gasteiger partial charge < -0.3 is 14.7 Å². The highest BCUT2D eigenvalue weighted by Gasteiger charge is 2.37. The van der Waals surface area contributed by atoms with Crippen LogP contribution in [0.4, 0.5) is 0 Å². The number of carbonyl (C=O) groups excluding carboxylic acids is 1. The van der Waals surface area contributed by atoms with Gasteiger partial charge in [-0.1, -0.05) is 6.92 Å². The Hall–Kier alpha value is -1.40. The summed E-state index contributed by atoms with van der Waals surface area (Å²) in [5.74, 6) is -0.950. The van der Waals surface area contributed by atoms with Crippen molar-refractivity contribution in [3.8, 4) is 0 Å². The maximum atomic E-state index is 12.6. The van der Waals surface area contributed by atoms with Crippen LogP contribution in [0.25, 0.3) is 0 Å². The van der Waals surface area contributed by atoms with Crippen LogP contribution in [0.3, 0.4) is 0 Å². The van der Waals surface area contributed by atoms with E-state index < -0.39 is 5.97 Å². The number of thiophene rings is 1. The molecule has 0 bridgehead atoms. The predicted octanol–water partition coefficient (Wildman–Crippen LogP) is 2.01. The number of carboxylic acids is 1. The van der Waals surface area contributed by atoms with Gasteiger partial charge in [-0.3, -0.25) is 9.59 Å². The summed E-state index contributed by atoms with van der Waals surface area (Å²) in [4.78, 5) is 26.0. The van der Waals surface area contributed by atoms with Crippen LogP contribution in [0.5, 0.6) is 0 Å². The molecule has 20 heavy (non-hydrogen) atoms. The quantitative estimate of drug-likeness (QED) is 0.903. The summed E-state index contributed by atoms with van der Waals surface area (Å²) in [6.45, 7) is 2.48. The number of amides is 1. The van der Waals surface area contributed by atoms with Gasteiger partial charge in [0.25, 0.3) is 5.91 Å². The summed E-state index contributed by atoms with van der Waals surface area (Å²) in [6, 6.07) is 1.67. The molecule has 1 fully saturated rings. The second-order valence-electron chi connectivity index (χ2n) is 4.93. The van der Waals surface area contributed by atoms with Crippen LogP contribution < -0.4 is 0 Å². The molecule has 0 spiro atoms. The minimum Gasteiger partial charge on any atom is -0.481 e. The van der Waals surface area contributed by atoms with E-state index in [9.17, 15) is 9.59 Å². The molecule has 6 heteroatoms. The standard InChI is InChI=1S/C14H19NO4S/c1-3-9-4-5-20-13(9)14(18)15-8-11(19-2)6-10(15)7-12(16)17/h4-5,10-11H,3,6-8H2,1-2H3,(H,16,17). The first-order valence-corrected chi connectivity index (χ1v) is 7.56. The molecule has 0 aliphatic carbocycles. The molecule has 1 amide bonds. The van der Waals surface area contributed by atoms with E-state index in [1.165, 1.54) is 11.3 Å². The van der Waals surface area contributed by atoms with E-state index in [0.29, 0.717) is 13.0 Å². The minimum absolute atomic E-state index is 0.0293. The van der Waals surface area contributed by atoms with Crippen molar-refractivity contribution in [3.63, 3.8) is 0 Å². The first kappa shape index (κ1) is 15.0. The summed E-state index contributed by atoms with van der Waals surface area (Å²) >= 11 is 1.42. The Kier molecular flexibility index (Phi) is 4.77. The lowest BCUT2D eigenvalue weighted by atomic mass is 10.1. The van der Waals surface area contributed by atoms with Crippen LogP contribution in [0, 0.1) is 0 Å². The van der Waals surface area contributed by atoms with Crippen molar-refractivity contribution in [1.82, 2.24) is 4.90 Å². The molecule has 2 unspecified atom stereocenters. The first-order valence-electron chi connectivity index (χ1n) is 6.68. The summed E-state index contributed by atoms with van der Waals surface area (Å²) in [5.41, 5.74) is 1.02. The molecule has 1 aromatic heterocycles.